The first-order valence-corrected chi connectivity index (χ1v) is 7.52. The van der Waals surface area contributed by atoms with Crippen molar-refractivity contribution in [3.8, 4) is 5.75 Å². The number of ether oxygens (including phenoxy) is 1. The van der Waals surface area contributed by atoms with Crippen molar-refractivity contribution in [2.75, 3.05) is 17.7 Å². The Labute approximate surface area is 135 Å². The van der Waals surface area contributed by atoms with Crippen molar-refractivity contribution in [2.24, 2.45) is 0 Å². The average molecular weight is 315 g/mol. The molecule has 1 amide bonds. The number of hydrogen-bond acceptors (Lipinski definition) is 6. The van der Waals surface area contributed by atoms with Crippen LogP contribution in [0.15, 0.2) is 18.2 Å². The highest BCUT2D eigenvalue weighted by Gasteiger charge is 2.09. The Morgan fingerprint density at radius 1 is 1.17 bits per heavy atom. The van der Waals surface area contributed by atoms with Gasteiger partial charge in [-0.05, 0) is 25.0 Å². The van der Waals surface area contributed by atoms with E-state index >= 15 is 0 Å². The number of methoxy groups -OCH3 is 1. The summed E-state index contributed by atoms with van der Waals surface area (Å²) in [5.74, 6) is 0.840. The van der Waals surface area contributed by atoms with E-state index in [9.17, 15) is 4.79 Å². The van der Waals surface area contributed by atoms with Gasteiger partial charge in [-0.1, -0.05) is 13.8 Å². The van der Waals surface area contributed by atoms with Crippen LogP contribution in [0.1, 0.15) is 32.2 Å². The third-order valence-corrected chi connectivity index (χ3v) is 3.28. The van der Waals surface area contributed by atoms with Gasteiger partial charge in [0, 0.05) is 18.7 Å². The molecular formula is C16H21N5O2. The summed E-state index contributed by atoms with van der Waals surface area (Å²) in [5, 5.41) is 14.1. The van der Waals surface area contributed by atoms with Gasteiger partial charge in [0.15, 0.2) is 0 Å². The molecular weight excluding hydrogens is 294 g/mol. The molecule has 122 valence electrons. The zero-order valence-electron chi connectivity index (χ0n) is 13.8. The quantitative estimate of drug-likeness (QED) is 0.852. The van der Waals surface area contributed by atoms with Gasteiger partial charge in [0.2, 0.25) is 11.9 Å². The molecule has 0 bridgehead atoms. The molecule has 0 aliphatic carbocycles. The number of carbonyl (C=O) groups is 1. The highest BCUT2D eigenvalue weighted by Crippen LogP contribution is 2.29. The molecule has 2 aromatic rings. The molecule has 0 spiro atoms. The number of rotatable bonds is 6. The molecule has 1 aromatic carbocycles. The number of anilines is 3. The molecule has 0 saturated carbocycles. The molecule has 0 aliphatic heterocycles. The van der Waals surface area contributed by atoms with E-state index in [4.69, 9.17) is 4.74 Å². The molecule has 7 heteroatoms. The molecule has 2 N–H and O–H groups in total. The van der Waals surface area contributed by atoms with Gasteiger partial charge < -0.3 is 15.4 Å². The Balaban J connectivity index is 2.24. The van der Waals surface area contributed by atoms with Crippen molar-refractivity contribution >= 4 is 23.2 Å². The van der Waals surface area contributed by atoms with Crippen LogP contribution in [0.25, 0.3) is 0 Å². The maximum atomic E-state index is 11.2. The van der Waals surface area contributed by atoms with Gasteiger partial charge in [0.05, 0.1) is 24.2 Å². The van der Waals surface area contributed by atoms with Gasteiger partial charge in [-0.25, -0.2) is 4.98 Å². The van der Waals surface area contributed by atoms with Gasteiger partial charge in [-0.3, -0.25) is 4.79 Å². The number of nitrogens with one attached hydrogen (secondary N) is 2. The van der Waals surface area contributed by atoms with Crippen LogP contribution in [0.2, 0.25) is 0 Å². The predicted octanol–water partition coefficient (Wildman–Crippen LogP) is 2.71. The van der Waals surface area contributed by atoms with Crippen molar-refractivity contribution in [3.05, 3.63) is 29.6 Å². The summed E-state index contributed by atoms with van der Waals surface area (Å²) in [6, 6.07) is 5.35. The predicted molar refractivity (Wildman–Crippen MR) is 89.2 cm³/mol. The minimum Gasteiger partial charge on any atom is -0.494 e. The van der Waals surface area contributed by atoms with E-state index in [1.54, 1.807) is 19.2 Å². The molecule has 0 fully saturated rings. The van der Waals surface area contributed by atoms with Crippen molar-refractivity contribution in [1.29, 1.82) is 0 Å². The van der Waals surface area contributed by atoms with Crippen molar-refractivity contribution in [2.45, 2.75) is 33.6 Å². The summed E-state index contributed by atoms with van der Waals surface area (Å²) in [4.78, 5) is 15.7. The summed E-state index contributed by atoms with van der Waals surface area (Å²) in [7, 11) is 1.55. The van der Waals surface area contributed by atoms with Crippen molar-refractivity contribution < 1.29 is 9.53 Å². The van der Waals surface area contributed by atoms with Crippen LogP contribution in [-0.4, -0.2) is 28.2 Å². The fourth-order valence-corrected chi connectivity index (χ4v) is 2.18. The number of benzene rings is 1. The first-order valence-electron chi connectivity index (χ1n) is 7.52. The number of carbonyl (C=O) groups excluding carboxylic acids is 1. The lowest BCUT2D eigenvalue weighted by Crippen LogP contribution is -2.08. The standard InChI is InChI=1S/C16H21N5O2/c1-5-12-13(6-2)20-21-16(19-12)18-11-7-8-14(17-10(3)22)15(9-11)23-4/h7-9H,5-6H2,1-4H3,(H,17,22)(H,18,19,21). The first-order chi connectivity index (χ1) is 11.1. The fourth-order valence-electron chi connectivity index (χ4n) is 2.18. The molecule has 0 saturated heterocycles. The Bertz CT molecular complexity index is 703. The Hall–Kier alpha value is -2.70. The molecule has 1 heterocycles. The second kappa shape index (κ2) is 7.53. The maximum absolute atomic E-state index is 11.2. The minimum absolute atomic E-state index is 0.153. The second-order valence-electron chi connectivity index (χ2n) is 4.96. The molecule has 0 unspecified atom stereocenters. The van der Waals surface area contributed by atoms with Crippen LogP contribution in [-0.2, 0) is 17.6 Å². The summed E-state index contributed by atoms with van der Waals surface area (Å²) in [5.41, 5.74) is 3.22. The van der Waals surface area contributed by atoms with E-state index in [2.05, 4.69) is 25.8 Å². The minimum atomic E-state index is -0.153. The molecule has 2 rings (SSSR count). The molecule has 0 radical (unpaired) electrons. The van der Waals surface area contributed by atoms with E-state index in [0.717, 1.165) is 29.9 Å². The third kappa shape index (κ3) is 4.15. The summed E-state index contributed by atoms with van der Waals surface area (Å²) in [6.07, 6.45) is 1.61. The topological polar surface area (TPSA) is 89.0 Å². The summed E-state index contributed by atoms with van der Waals surface area (Å²) < 4.78 is 5.29. The fraction of sp³-hybridized carbons (Fsp3) is 0.375. The van der Waals surface area contributed by atoms with Crippen LogP contribution in [0.5, 0.6) is 5.75 Å². The van der Waals surface area contributed by atoms with Gasteiger partial charge >= 0.3 is 0 Å². The zero-order valence-corrected chi connectivity index (χ0v) is 13.8. The second-order valence-corrected chi connectivity index (χ2v) is 4.96. The average Bonchev–Trinajstić information content (AvgIpc) is 2.55. The maximum Gasteiger partial charge on any atom is 0.247 e. The SMILES string of the molecule is CCc1nnc(Nc2ccc(NC(C)=O)c(OC)c2)nc1CC. The van der Waals surface area contributed by atoms with Crippen LogP contribution < -0.4 is 15.4 Å². The number of nitrogens with zero attached hydrogens (tertiary/aromatic N) is 3. The van der Waals surface area contributed by atoms with Gasteiger partial charge in [0.1, 0.15) is 5.75 Å². The lowest BCUT2D eigenvalue weighted by Gasteiger charge is -2.12. The van der Waals surface area contributed by atoms with Crippen LogP contribution >= 0.6 is 0 Å². The van der Waals surface area contributed by atoms with E-state index in [0.29, 0.717) is 17.4 Å². The van der Waals surface area contributed by atoms with Crippen LogP contribution in [0.4, 0.5) is 17.3 Å². The van der Waals surface area contributed by atoms with E-state index in [-0.39, 0.29) is 5.91 Å². The van der Waals surface area contributed by atoms with Crippen LogP contribution in [0.3, 0.4) is 0 Å². The first kappa shape index (κ1) is 16.7. The lowest BCUT2D eigenvalue weighted by atomic mass is 10.2. The lowest BCUT2D eigenvalue weighted by molar-refractivity contribution is -0.114. The zero-order chi connectivity index (χ0) is 16.8. The number of hydrogen-bond donors (Lipinski definition) is 2. The van der Waals surface area contributed by atoms with Gasteiger partial charge in [-0.2, -0.15) is 0 Å². The number of aromatic nitrogens is 3. The Morgan fingerprint density at radius 2 is 1.91 bits per heavy atom. The molecule has 7 nitrogen and oxygen atoms in total. The van der Waals surface area contributed by atoms with E-state index < -0.39 is 0 Å². The largest absolute Gasteiger partial charge is 0.494 e. The molecule has 0 atom stereocenters. The van der Waals surface area contributed by atoms with Gasteiger partial charge in [-0.15, -0.1) is 10.2 Å². The summed E-state index contributed by atoms with van der Waals surface area (Å²) >= 11 is 0. The summed E-state index contributed by atoms with van der Waals surface area (Å²) in [6.45, 7) is 5.52. The Morgan fingerprint density at radius 3 is 2.52 bits per heavy atom. The number of amides is 1. The highest BCUT2D eigenvalue weighted by atomic mass is 16.5. The molecule has 1 aromatic heterocycles. The van der Waals surface area contributed by atoms with E-state index in [1.807, 2.05) is 19.9 Å². The van der Waals surface area contributed by atoms with Gasteiger partial charge in [0.25, 0.3) is 0 Å². The van der Waals surface area contributed by atoms with E-state index in [1.165, 1.54) is 6.92 Å². The Kier molecular flexibility index (Phi) is 5.46. The normalized spacial score (nSPS) is 10.3. The third-order valence-electron chi connectivity index (χ3n) is 3.28. The highest BCUT2D eigenvalue weighted by molar-refractivity contribution is 5.90. The van der Waals surface area contributed by atoms with Crippen molar-refractivity contribution in [1.82, 2.24) is 15.2 Å². The van der Waals surface area contributed by atoms with Crippen LogP contribution in [0, 0.1) is 0 Å². The van der Waals surface area contributed by atoms with Crippen molar-refractivity contribution in [3.63, 3.8) is 0 Å². The smallest absolute Gasteiger partial charge is 0.247 e. The monoisotopic (exact) mass is 315 g/mol. The molecule has 23 heavy (non-hydrogen) atoms. The molecule has 0 aliphatic rings. The number of aryl methyl sites for hydroxylation is 2.